The Morgan fingerprint density at radius 3 is 2.65 bits per heavy atom. The molecule has 4 heteroatoms. The zero-order valence-electron chi connectivity index (χ0n) is 16.6. The summed E-state index contributed by atoms with van der Waals surface area (Å²) in [7, 11) is 0.0786. The number of fused-ring (bicyclic) bond motifs is 5. The van der Waals surface area contributed by atoms with Gasteiger partial charge < -0.3 is 9.26 Å². The van der Waals surface area contributed by atoms with Crippen LogP contribution in [0.2, 0.25) is 19.6 Å². The molecule has 26 heavy (non-hydrogen) atoms. The van der Waals surface area contributed by atoms with Crippen LogP contribution in [0.25, 0.3) is 10.8 Å². The van der Waals surface area contributed by atoms with Gasteiger partial charge in [0.05, 0.1) is 5.71 Å². The first-order valence-electron chi connectivity index (χ1n) is 9.67. The molecule has 1 fully saturated rings. The largest absolute Gasteiger partial charge is 0.544 e. The van der Waals surface area contributed by atoms with Gasteiger partial charge in [-0.05, 0) is 85.3 Å². The standard InChI is InChI=1S/C22H29NO2Si/c1-22-13-12-18-17-9-7-16(25-26(3,4)5)14-15(17)6-8-19(18)20(22)10-11-21(22)23-24-2/h6-9,14,20H,10-13H2,1-5H3. The van der Waals surface area contributed by atoms with Gasteiger partial charge in [-0.15, -0.1) is 0 Å². The van der Waals surface area contributed by atoms with Crippen molar-refractivity contribution in [3.05, 3.63) is 41.5 Å². The van der Waals surface area contributed by atoms with E-state index in [9.17, 15) is 0 Å². The van der Waals surface area contributed by atoms with Crippen LogP contribution in [0, 0.1) is 5.41 Å². The number of nitrogens with zero attached hydrogens (tertiary/aromatic N) is 1. The predicted octanol–water partition coefficient (Wildman–Crippen LogP) is 5.89. The monoisotopic (exact) mass is 367 g/mol. The zero-order chi connectivity index (χ0) is 18.5. The summed E-state index contributed by atoms with van der Waals surface area (Å²) in [6.07, 6.45) is 4.49. The molecule has 1 saturated carbocycles. The fraction of sp³-hybridized carbons (Fsp3) is 0.500. The molecule has 0 amide bonds. The van der Waals surface area contributed by atoms with E-state index in [4.69, 9.17) is 9.26 Å². The molecular weight excluding hydrogens is 338 g/mol. The van der Waals surface area contributed by atoms with Crippen LogP contribution in [-0.4, -0.2) is 21.1 Å². The lowest BCUT2D eigenvalue weighted by molar-refractivity contribution is 0.205. The molecule has 2 atom stereocenters. The first kappa shape index (κ1) is 17.6. The number of hydrogen-bond donors (Lipinski definition) is 0. The van der Waals surface area contributed by atoms with Crippen LogP contribution in [0.3, 0.4) is 0 Å². The summed E-state index contributed by atoms with van der Waals surface area (Å²) >= 11 is 0. The average Bonchev–Trinajstić information content (AvgIpc) is 2.90. The zero-order valence-corrected chi connectivity index (χ0v) is 17.6. The molecule has 0 radical (unpaired) electrons. The lowest BCUT2D eigenvalue weighted by Gasteiger charge is -2.38. The topological polar surface area (TPSA) is 30.8 Å². The molecule has 0 aliphatic heterocycles. The molecule has 2 aliphatic rings. The van der Waals surface area contributed by atoms with Gasteiger partial charge in [0.15, 0.2) is 0 Å². The molecule has 0 aromatic heterocycles. The van der Waals surface area contributed by atoms with Crippen molar-refractivity contribution in [2.24, 2.45) is 10.6 Å². The molecule has 0 bridgehead atoms. The third kappa shape index (κ3) is 2.84. The molecule has 0 heterocycles. The average molecular weight is 368 g/mol. The number of hydrogen-bond acceptors (Lipinski definition) is 3. The summed E-state index contributed by atoms with van der Waals surface area (Å²) in [4.78, 5) is 5.13. The van der Waals surface area contributed by atoms with Gasteiger partial charge in [-0.1, -0.05) is 30.3 Å². The second-order valence-electron chi connectivity index (χ2n) is 8.96. The first-order valence-corrected chi connectivity index (χ1v) is 13.1. The van der Waals surface area contributed by atoms with Gasteiger partial charge in [-0.2, -0.15) is 0 Å². The van der Waals surface area contributed by atoms with Gasteiger partial charge in [0, 0.05) is 5.41 Å². The van der Waals surface area contributed by atoms with Crippen LogP contribution in [0.1, 0.15) is 43.2 Å². The fourth-order valence-electron chi connectivity index (χ4n) is 4.96. The highest BCUT2D eigenvalue weighted by atomic mass is 28.4. The Balaban J connectivity index is 1.76. The Kier molecular flexibility index (Phi) is 4.14. The molecular formula is C22H29NO2Si. The second kappa shape index (κ2) is 6.12. The van der Waals surface area contributed by atoms with Crippen LogP contribution in [0.15, 0.2) is 35.5 Å². The van der Waals surface area contributed by atoms with Crippen molar-refractivity contribution in [2.45, 2.75) is 58.2 Å². The highest BCUT2D eigenvalue weighted by Crippen LogP contribution is 2.55. The van der Waals surface area contributed by atoms with E-state index >= 15 is 0 Å². The maximum absolute atomic E-state index is 6.19. The van der Waals surface area contributed by atoms with E-state index in [0.29, 0.717) is 5.92 Å². The van der Waals surface area contributed by atoms with Crippen molar-refractivity contribution in [3.63, 3.8) is 0 Å². The summed E-state index contributed by atoms with van der Waals surface area (Å²) in [5, 5.41) is 7.06. The van der Waals surface area contributed by atoms with E-state index in [0.717, 1.165) is 25.0 Å². The Morgan fingerprint density at radius 1 is 1.12 bits per heavy atom. The molecule has 0 spiro atoms. The summed E-state index contributed by atoms with van der Waals surface area (Å²) in [5.41, 5.74) is 4.45. The van der Waals surface area contributed by atoms with Gasteiger partial charge in [0.25, 0.3) is 0 Å². The lowest BCUT2D eigenvalue weighted by Crippen LogP contribution is -2.32. The number of oxime groups is 1. The van der Waals surface area contributed by atoms with E-state index in [2.05, 4.69) is 62.1 Å². The Hall–Kier alpha value is -1.81. The van der Waals surface area contributed by atoms with Gasteiger partial charge in [0.2, 0.25) is 8.32 Å². The molecule has 2 aliphatic carbocycles. The predicted molar refractivity (Wildman–Crippen MR) is 111 cm³/mol. The van der Waals surface area contributed by atoms with E-state index in [1.165, 1.54) is 34.0 Å². The van der Waals surface area contributed by atoms with E-state index < -0.39 is 8.32 Å². The van der Waals surface area contributed by atoms with Crippen molar-refractivity contribution in [1.29, 1.82) is 0 Å². The number of aryl methyl sites for hydroxylation is 1. The molecule has 2 aromatic carbocycles. The van der Waals surface area contributed by atoms with Crippen molar-refractivity contribution in [1.82, 2.24) is 0 Å². The fourth-order valence-corrected chi connectivity index (χ4v) is 5.79. The summed E-state index contributed by atoms with van der Waals surface area (Å²) in [5.74, 6) is 1.56. The number of benzene rings is 2. The third-order valence-electron chi connectivity index (χ3n) is 6.13. The third-order valence-corrected chi connectivity index (χ3v) is 6.98. The molecule has 2 unspecified atom stereocenters. The van der Waals surface area contributed by atoms with Gasteiger partial charge in [-0.3, -0.25) is 0 Å². The van der Waals surface area contributed by atoms with Gasteiger partial charge >= 0.3 is 0 Å². The second-order valence-corrected chi connectivity index (χ2v) is 13.4. The maximum atomic E-state index is 6.19. The van der Waals surface area contributed by atoms with Crippen LogP contribution < -0.4 is 4.43 Å². The highest BCUT2D eigenvalue weighted by molar-refractivity contribution is 6.70. The highest BCUT2D eigenvalue weighted by Gasteiger charge is 2.48. The first-order chi connectivity index (χ1) is 12.3. The summed E-state index contributed by atoms with van der Waals surface area (Å²) < 4.78 is 6.19. The maximum Gasteiger partial charge on any atom is 0.242 e. The SMILES string of the molecule is CON=C1CCC2c3ccc4cc(O[Si](C)(C)C)ccc4c3CCC12C. The Morgan fingerprint density at radius 2 is 1.92 bits per heavy atom. The Bertz CT molecular complexity index is 884. The smallest absolute Gasteiger partial charge is 0.242 e. The van der Waals surface area contributed by atoms with E-state index in [-0.39, 0.29) is 5.41 Å². The normalized spacial score (nSPS) is 26.7. The van der Waals surface area contributed by atoms with Crippen LogP contribution >= 0.6 is 0 Å². The molecule has 3 nitrogen and oxygen atoms in total. The van der Waals surface area contributed by atoms with Crippen LogP contribution in [-0.2, 0) is 11.3 Å². The van der Waals surface area contributed by atoms with Crippen molar-refractivity contribution in [2.75, 3.05) is 7.11 Å². The van der Waals surface area contributed by atoms with Gasteiger partial charge in [0.1, 0.15) is 12.9 Å². The van der Waals surface area contributed by atoms with E-state index in [1.807, 2.05) is 0 Å². The summed E-state index contributed by atoms with van der Waals surface area (Å²) in [6, 6.07) is 11.3. The summed E-state index contributed by atoms with van der Waals surface area (Å²) in [6.45, 7) is 9.05. The van der Waals surface area contributed by atoms with Crippen LogP contribution in [0.5, 0.6) is 5.75 Å². The van der Waals surface area contributed by atoms with Crippen molar-refractivity contribution >= 4 is 24.8 Å². The van der Waals surface area contributed by atoms with Crippen molar-refractivity contribution in [3.8, 4) is 5.75 Å². The molecule has 0 N–H and O–H groups in total. The minimum absolute atomic E-state index is 0.150. The lowest BCUT2D eigenvalue weighted by atomic mass is 9.65. The number of rotatable bonds is 3. The quantitative estimate of drug-likeness (QED) is 0.500. The molecule has 138 valence electrons. The van der Waals surface area contributed by atoms with E-state index in [1.54, 1.807) is 7.11 Å². The minimum atomic E-state index is -1.58. The van der Waals surface area contributed by atoms with Crippen LogP contribution in [0.4, 0.5) is 0 Å². The van der Waals surface area contributed by atoms with Gasteiger partial charge in [-0.25, -0.2) is 0 Å². The molecule has 0 saturated heterocycles. The molecule has 4 rings (SSSR count). The minimum Gasteiger partial charge on any atom is -0.544 e. The van der Waals surface area contributed by atoms with Crippen molar-refractivity contribution < 1.29 is 9.26 Å². The molecule has 2 aromatic rings. The Labute approximate surface area is 157 Å².